The molecule has 2 aromatic heterocycles. The van der Waals surface area contributed by atoms with Crippen LogP contribution < -0.4 is 5.32 Å². The van der Waals surface area contributed by atoms with Gasteiger partial charge in [-0.05, 0) is 24.3 Å². The highest BCUT2D eigenvalue weighted by Gasteiger charge is 2.14. The van der Waals surface area contributed by atoms with Gasteiger partial charge in [-0.1, -0.05) is 46.6 Å². The molecule has 6 nitrogen and oxygen atoms in total. The molecule has 3 rings (SSSR count). The van der Waals surface area contributed by atoms with Gasteiger partial charge in [0, 0.05) is 5.56 Å². The Balaban J connectivity index is 1.68. The second-order valence-corrected chi connectivity index (χ2v) is 5.32. The van der Waals surface area contributed by atoms with Crippen molar-refractivity contribution in [2.75, 3.05) is 0 Å². The Bertz CT molecular complexity index is 837. The number of benzene rings is 1. The van der Waals surface area contributed by atoms with Gasteiger partial charge in [0.25, 0.3) is 11.8 Å². The van der Waals surface area contributed by atoms with Gasteiger partial charge in [0.2, 0.25) is 0 Å². The summed E-state index contributed by atoms with van der Waals surface area (Å²) in [6, 6.07) is 12.3. The van der Waals surface area contributed by atoms with Crippen LogP contribution in [-0.2, 0) is 6.54 Å². The van der Waals surface area contributed by atoms with Crippen LogP contribution in [0, 0.1) is 0 Å². The van der Waals surface area contributed by atoms with Crippen LogP contribution in [0.4, 0.5) is 0 Å². The molecule has 0 saturated carbocycles. The zero-order chi connectivity index (χ0) is 16.2. The van der Waals surface area contributed by atoms with Crippen molar-refractivity contribution < 1.29 is 9.32 Å². The monoisotopic (exact) mass is 348 g/mol. The fraction of sp³-hybridized carbons (Fsp3) is 0.0667. The Morgan fingerprint density at radius 1 is 1.09 bits per heavy atom. The molecule has 0 bridgehead atoms. The summed E-state index contributed by atoms with van der Waals surface area (Å²) < 4.78 is 5.16. The molecule has 116 valence electrons. The largest absolute Gasteiger partial charge is 0.343 e. The number of nitrogens with zero attached hydrogens (tertiary/aromatic N) is 3. The molecule has 23 heavy (non-hydrogen) atoms. The van der Waals surface area contributed by atoms with Crippen LogP contribution in [0.3, 0.4) is 0 Å². The third-order valence-electron chi connectivity index (χ3n) is 2.92. The van der Waals surface area contributed by atoms with Crippen molar-refractivity contribution in [2.24, 2.45) is 0 Å². The summed E-state index contributed by atoms with van der Waals surface area (Å²) in [5, 5.41) is 6.84. The van der Waals surface area contributed by atoms with Gasteiger partial charge < -0.3 is 9.84 Å². The Kier molecular flexibility index (Phi) is 4.55. The second-order valence-electron chi connectivity index (χ2n) is 4.53. The number of aromatic nitrogens is 3. The standard InChI is InChI=1S/C15H10Cl2N4O2/c16-10-6-7-11(17)19-13(10)14(22)18-8-12-20-15(23-21-12)9-4-2-1-3-5-9/h1-7H,8H2,(H,18,22). The fourth-order valence-electron chi connectivity index (χ4n) is 1.84. The predicted octanol–water partition coefficient (Wildman–Crippen LogP) is 3.37. The SMILES string of the molecule is O=C(NCc1noc(-c2ccccc2)n1)c1nc(Cl)ccc1Cl. The molecular formula is C15H10Cl2N4O2. The number of nitrogens with one attached hydrogen (secondary N) is 1. The highest BCUT2D eigenvalue weighted by molar-refractivity contribution is 6.34. The first-order chi connectivity index (χ1) is 11.1. The Hall–Kier alpha value is -2.44. The van der Waals surface area contributed by atoms with E-state index in [9.17, 15) is 4.79 Å². The van der Waals surface area contributed by atoms with E-state index < -0.39 is 5.91 Å². The van der Waals surface area contributed by atoms with Crippen LogP contribution in [0.25, 0.3) is 11.5 Å². The minimum absolute atomic E-state index is 0.0472. The molecule has 0 unspecified atom stereocenters. The van der Waals surface area contributed by atoms with Gasteiger partial charge in [-0.25, -0.2) is 4.98 Å². The molecule has 0 saturated heterocycles. The highest BCUT2D eigenvalue weighted by Crippen LogP contribution is 2.18. The van der Waals surface area contributed by atoms with Gasteiger partial charge in [0.05, 0.1) is 11.6 Å². The normalized spacial score (nSPS) is 10.5. The summed E-state index contributed by atoms with van der Waals surface area (Å²) in [4.78, 5) is 20.2. The van der Waals surface area contributed by atoms with E-state index in [-0.39, 0.29) is 22.4 Å². The van der Waals surface area contributed by atoms with Gasteiger partial charge in [-0.2, -0.15) is 4.98 Å². The Labute approximate surface area is 141 Å². The molecule has 3 aromatic rings. The molecule has 2 heterocycles. The quantitative estimate of drug-likeness (QED) is 0.731. The number of hydrogen-bond donors (Lipinski definition) is 1. The third-order valence-corrected chi connectivity index (χ3v) is 3.44. The van der Waals surface area contributed by atoms with Crippen LogP contribution in [0.15, 0.2) is 47.0 Å². The van der Waals surface area contributed by atoms with Crippen LogP contribution in [0.5, 0.6) is 0 Å². The molecule has 0 spiro atoms. The molecule has 0 fully saturated rings. The predicted molar refractivity (Wildman–Crippen MR) is 85.2 cm³/mol. The molecule has 8 heteroatoms. The van der Waals surface area contributed by atoms with Crippen molar-refractivity contribution >= 4 is 29.1 Å². The summed E-state index contributed by atoms with van der Waals surface area (Å²) in [6.07, 6.45) is 0. The van der Waals surface area contributed by atoms with Crippen LogP contribution >= 0.6 is 23.2 Å². The Morgan fingerprint density at radius 2 is 1.87 bits per heavy atom. The molecule has 0 aliphatic heterocycles. The van der Waals surface area contributed by atoms with Gasteiger partial charge in [-0.15, -0.1) is 0 Å². The molecular weight excluding hydrogens is 339 g/mol. The molecule has 1 aromatic carbocycles. The van der Waals surface area contributed by atoms with Gasteiger partial charge >= 0.3 is 0 Å². The van der Waals surface area contributed by atoms with E-state index in [4.69, 9.17) is 27.7 Å². The smallest absolute Gasteiger partial charge is 0.271 e. The molecule has 0 atom stereocenters. The van der Waals surface area contributed by atoms with Gasteiger partial charge in [-0.3, -0.25) is 4.79 Å². The number of amides is 1. The number of carbonyl (C=O) groups is 1. The number of hydrogen-bond acceptors (Lipinski definition) is 5. The molecule has 0 aliphatic carbocycles. The lowest BCUT2D eigenvalue weighted by atomic mass is 10.2. The lowest BCUT2D eigenvalue weighted by Gasteiger charge is -2.03. The van der Waals surface area contributed by atoms with E-state index in [2.05, 4.69) is 20.4 Å². The average Bonchev–Trinajstić information content (AvgIpc) is 3.05. The third kappa shape index (κ3) is 3.67. The summed E-state index contributed by atoms with van der Waals surface area (Å²) in [7, 11) is 0. The van der Waals surface area contributed by atoms with E-state index in [1.807, 2.05) is 30.3 Å². The van der Waals surface area contributed by atoms with Gasteiger partial charge in [0.1, 0.15) is 10.8 Å². The first kappa shape index (κ1) is 15.5. The van der Waals surface area contributed by atoms with E-state index in [1.54, 1.807) is 0 Å². The minimum atomic E-state index is -0.469. The lowest BCUT2D eigenvalue weighted by molar-refractivity contribution is 0.0945. The van der Waals surface area contributed by atoms with Crippen molar-refractivity contribution in [1.29, 1.82) is 0 Å². The number of pyridine rings is 1. The van der Waals surface area contributed by atoms with Crippen molar-refractivity contribution in [3.05, 3.63) is 64.2 Å². The van der Waals surface area contributed by atoms with E-state index in [0.29, 0.717) is 11.7 Å². The zero-order valence-electron chi connectivity index (χ0n) is 11.7. The summed E-state index contributed by atoms with van der Waals surface area (Å²) in [5.41, 5.74) is 0.850. The van der Waals surface area contributed by atoms with Crippen LogP contribution in [0.2, 0.25) is 10.2 Å². The maximum atomic E-state index is 12.1. The van der Waals surface area contributed by atoms with Crippen molar-refractivity contribution in [2.45, 2.75) is 6.54 Å². The molecule has 0 aliphatic rings. The molecule has 0 radical (unpaired) electrons. The summed E-state index contributed by atoms with van der Waals surface area (Å²) >= 11 is 11.7. The molecule has 1 amide bonds. The summed E-state index contributed by atoms with van der Waals surface area (Å²) in [6.45, 7) is 0.0830. The topological polar surface area (TPSA) is 80.9 Å². The number of carbonyl (C=O) groups excluding carboxylic acids is 1. The Morgan fingerprint density at radius 3 is 2.65 bits per heavy atom. The maximum Gasteiger partial charge on any atom is 0.271 e. The van der Waals surface area contributed by atoms with Crippen molar-refractivity contribution in [3.63, 3.8) is 0 Å². The van der Waals surface area contributed by atoms with Crippen LogP contribution in [-0.4, -0.2) is 21.0 Å². The van der Waals surface area contributed by atoms with Gasteiger partial charge in [0.15, 0.2) is 5.82 Å². The first-order valence-electron chi connectivity index (χ1n) is 6.62. The van der Waals surface area contributed by atoms with Crippen LogP contribution in [0.1, 0.15) is 16.3 Å². The van der Waals surface area contributed by atoms with E-state index >= 15 is 0 Å². The van der Waals surface area contributed by atoms with Crippen molar-refractivity contribution in [1.82, 2.24) is 20.4 Å². The van der Waals surface area contributed by atoms with E-state index in [0.717, 1.165) is 5.56 Å². The second kappa shape index (κ2) is 6.76. The van der Waals surface area contributed by atoms with E-state index in [1.165, 1.54) is 12.1 Å². The lowest BCUT2D eigenvalue weighted by Crippen LogP contribution is -2.24. The average molecular weight is 349 g/mol. The number of rotatable bonds is 4. The molecule has 1 N–H and O–H groups in total. The maximum absolute atomic E-state index is 12.1. The fourth-order valence-corrected chi connectivity index (χ4v) is 2.18. The van der Waals surface area contributed by atoms with Crippen molar-refractivity contribution in [3.8, 4) is 11.5 Å². The number of halogens is 2. The zero-order valence-corrected chi connectivity index (χ0v) is 13.2. The first-order valence-corrected chi connectivity index (χ1v) is 7.37. The summed E-state index contributed by atoms with van der Waals surface area (Å²) in [5.74, 6) is 0.257. The highest BCUT2D eigenvalue weighted by atomic mass is 35.5. The minimum Gasteiger partial charge on any atom is -0.343 e.